The monoisotopic (exact) mass is 324 g/mol. The van der Waals surface area contributed by atoms with Crippen LogP contribution >= 0.6 is 11.6 Å². The second kappa shape index (κ2) is 5.48. The Morgan fingerprint density at radius 1 is 1.04 bits per heavy atom. The molecule has 0 saturated heterocycles. The minimum Gasteiger partial charge on any atom is -0.305 e. The first kappa shape index (κ1) is 13.9. The zero-order valence-electron chi connectivity index (χ0n) is 12.4. The average Bonchev–Trinajstić information content (AvgIpc) is 3.14. The summed E-state index contributed by atoms with van der Waals surface area (Å²) in [7, 11) is 0. The molecule has 0 fully saturated rings. The normalized spacial score (nSPS) is 11.2. The third kappa shape index (κ3) is 2.80. The smallest absolute Gasteiger partial charge is 0.204 e. The van der Waals surface area contributed by atoms with E-state index in [1.807, 2.05) is 60.1 Å². The zero-order valence-corrected chi connectivity index (χ0v) is 13.1. The fourth-order valence-electron chi connectivity index (χ4n) is 2.37. The van der Waals surface area contributed by atoms with Crippen molar-refractivity contribution in [3.63, 3.8) is 0 Å². The Morgan fingerprint density at radius 3 is 2.70 bits per heavy atom. The van der Waals surface area contributed by atoms with Crippen LogP contribution in [0.3, 0.4) is 0 Å². The summed E-state index contributed by atoms with van der Waals surface area (Å²) in [5.41, 5.74) is 3.83. The number of pyridine rings is 1. The van der Waals surface area contributed by atoms with E-state index < -0.39 is 0 Å². The molecule has 7 heteroatoms. The second-order valence-electron chi connectivity index (χ2n) is 5.35. The molecule has 0 bridgehead atoms. The van der Waals surface area contributed by atoms with Crippen molar-refractivity contribution in [2.24, 2.45) is 0 Å². The van der Waals surface area contributed by atoms with Gasteiger partial charge >= 0.3 is 0 Å². The van der Waals surface area contributed by atoms with E-state index in [2.05, 4.69) is 20.4 Å². The van der Waals surface area contributed by atoms with Crippen LogP contribution in [-0.4, -0.2) is 29.6 Å². The number of nitrogens with zero attached hydrogens (tertiary/aromatic N) is 6. The molecule has 6 nitrogen and oxygen atoms in total. The van der Waals surface area contributed by atoms with Gasteiger partial charge in [-0.15, -0.1) is 10.2 Å². The molecule has 0 unspecified atom stereocenters. The van der Waals surface area contributed by atoms with Gasteiger partial charge < -0.3 is 4.40 Å². The SMILES string of the molecule is Cc1ccc(-c2nnn(Cc3cn4cc(Cl)ccc4n3)n2)cc1. The standard InChI is InChI=1S/C16H13ClN6/c1-11-2-4-12(5-3-11)16-19-21-23(20-16)10-14-9-22-8-13(17)6-7-15(22)18-14/h2-9H,10H2,1H3. The summed E-state index contributed by atoms with van der Waals surface area (Å²) in [5, 5.41) is 13.3. The molecule has 0 atom stereocenters. The van der Waals surface area contributed by atoms with Crippen molar-refractivity contribution in [1.82, 2.24) is 29.6 Å². The van der Waals surface area contributed by atoms with E-state index in [0.717, 1.165) is 16.9 Å². The zero-order chi connectivity index (χ0) is 15.8. The fraction of sp³-hybridized carbons (Fsp3) is 0.125. The van der Waals surface area contributed by atoms with Crippen LogP contribution in [-0.2, 0) is 6.54 Å². The van der Waals surface area contributed by atoms with E-state index in [1.54, 1.807) is 4.80 Å². The van der Waals surface area contributed by atoms with Gasteiger partial charge in [0.15, 0.2) is 0 Å². The van der Waals surface area contributed by atoms with Gasteiger partial charge in [0.05, 0.1) is 10.7 Å². The third-order valence-electron chi connectivity index (χ3n) is 3.53. The summed E-state index contributed by atoms with van der Waals surface area (Å²) in [6.07, 6.45) is 3.73. The van der Waals surface area contributed by atoms with Gasteiger partial charge in [0.1, 0.15) is 12.2 Å². The molecule has 3 heterocycles. The molecule has 0 aliphatic carbocycles. The minimum atomic E-state index is 0.457. The van der Waals surface area contributed by atoms with Gasteiger partial charge in [-0.25, -0.2) is 4.98 Å². The van der Waals surface area contributed by atoms with Gasteiger partial charge in [0.25, 0.3) is 0 Å². The van der Waals surface area contributed by atoms with Crippen LogP contribution in [0.15, 0.2) is 48.8 Å². The molecule has 0 aliphatic heterocycles. The molecule has 0 saturated carbocycles. The molecular weight excluding hydrogens is 312 g/mol. The molecule has 23 heavy (non-hydrogen) atoms. The minimum absolute atomic E-state index is 0.457. The lowest BCUT2D eigenvalue weighted by Gasteiger charge is -1.95. The Morgan fingerprint density at radius 2 is 1.87 bits per heavy atom. The average molecular weight is 325 g/mol. The van der Waals surface area contributed by atoms with Gasteiger partial charge in [0, 0.05) is 18.0 Å². The number of aromatic nitrogens is 6. The number of tetrazole rings is 1. The maximum absolute atomic E-state index is 5.98. The Balaban J connectivity index is 1.60. The summed E-state index contributed by atoms with van der Waals surface area (Å²) < 4.78 is 1.88. The summed E-state index contributed by atoms with van der Waals surface area (Å²) in [6, 6.07) is 11.7. The van der Waals surface area contributed by atoms with E-state index in [0.29, 0.717) is 17.4 Å². The molecule has 1 aromatic carbocycles. The highest BCUT2D eigenvalue weighted by Gasteiger charge is 2.08. The second-order valence-corrected chi connectivity index (χ2v) is 5.79. The molecule has 0 aliphatic rings. The van der Waals surface area contributed by atoms with E-state index in [4.69, 9.17) is 11.6 Å². The molecule has 4 aromatic rings. The van der Waals surface area contributed by atoms with Gasteiger partial charge in [-0.3, -0.25) is 0 Å². The van der Waals surface area contributed by atoms with Crippen LogP contribution in [0, 0.1) is 6.92 Å². The van der Waals surface area contributed by atoms with Crippen molar-refractivity contribution in [3.8, 4) is 11.4 Å². The third-order valence-corrected chi connectivity index (χ3v) is 3.75. The number of rotatable bonds is 3. The van der Waals surface area contributed by atoms with Crippen molar-refractivity contribution >= 4 is 17.2 Å². The first-order chi connectivity index (χ1) is 11.2. The van der Waals surface area contributed by atoms with E-state index >= 15 is 0 Å². The number of halogens is 1. The van der Waals surface area contributed by atoms with Gasteiger partial charge in [-0.2, -0.15) is 4.80 Å². The largest absolute Gasteiger partial charge is 0.305 e. The quantitative estimate of drug-likeness (QED) is 0.581. The summed E-state index contributed by atoms with van der Waals surface area (Å²) in [4.78, 5) is 6.06. The number of hydrogen-bond acceptors (Lipinski definition) is 4. The Kier molecular flexibility index (Phi) is 3.31. The highest BCUT2D eigenvalue weighted by molar-refractivity contribution is 6.30. The van der Waals surface area contributed by atoms with Crippen molar-refractivity contribution in [2.75, 3.05) is 0 Å². The number of fused-ring (bicyclic) bond motifs is 1. The molecule has 114 valence electrons. The molecule has 0 spiro atoms. The lowest BCUT2D eigenvalue weighted by atomic mass is 10.1. The lowest BCUT2D eigenvalue weighted by molar-refractivity contribution is 0.566. The predicted octanol–water partition coefficient (Wildman–Crippen LogP) is 3.00. The van der Waals surface area contributed by atoms with E-state index in [9.17, 15) is 0 Å². The van der Waals surface area contributed by atoms with Crippen LogP contribution < -0.4 is 0 Å². The molecule has 4 rings (SSSR count). The first-order valence-electron chi connectivity index (χ1n) is 7.15. The Hall–Kier alpha value is -2.73. The number of aryl methyl sites for hydroxylation is 1. The van der Waals surface area contributed by atoms with E-state index in [-0.39, 0.29) is 0 Å². The molecular formula is C16H13ClN6. The Labute approximate surface area is 137 Å². The van der Waals surface area contributed by atoms with Crippen LogP contribution in [0.5, 0.6) is 0 Å². The fourth-order valence-corrected chi connectivity index (χ4v) is 2.53. The topological polar surface area (TPSA) is 60.9 Å². The first-order valence-corrected chi connectivity index (χ1v) is 7.53. The number of hydrogen-bond donors (Lipinski definition) is 0. The van der Waals surface area contributed by atoms with Crippen molar-refractivity contribution in [3.05, 3.63) is 65.1 Å². The Bertz CT molecular complexity index is 970. The van der Waals surface area contributed by atoms with Gasteiger partial charge in [0.2, 0.25) is 5.82 Å². The molecule has 0 radical (unpaired) electrons. The summed E-state index contributed by atoms with van der Waals surface area (Å²) in [5.74, 6) is 0.608. The number of imidazole rings is 1. The maximum Gasteiger partial charge on any atom is 0.204 e. The van der Waals surface area contributed by atoms with Crippen LogP contribution in [0.4, 0.5) is 0 Å². The van der Waals surface area contributed by atoms with Gasteiger partial charge in [-0.1, -0.05) is 41.4 Å². The highest BCUT2D eigenvalue weighted by Crippen LogP contribution is 2.15. The van der Waals surface area contributed by atoms with Crippen LogP contribution in [0.25, 0.3) is 17.0 Å². The van der Waals surface area contributed by atoms with Crippen LogP contribution in [0.1, 0.15) is 11.3 Å². The highest BCUT2D eigenvalue weighted by atomic mass is 35.5. The molecule has 0 N–H and O–H groups in total. The van der Waals surface area contributed by atoms with Crippen LogP contribution in [0.2, 0.25) is 5.02 Å². The lowest BCUT2D eigenvalue weighted by Crippen LogP contribution is -2.04. The van der Waals surface area contributed by atoms with Gasteiger partial charge in [-0.05, 0) is 24.3 Å². The van der Waals surface area contributed by atoms with Crippen molar-refractivity contribution in [2.45, 2.75) is 13.5 Å². The maximum atomic E-state index is 5.98. The molecule has 0 amide bonds. The van der Waals surface area contributed by atoms with Crippen molar-refractivity contribution < 1.29 is 0 Å². The summed E-state index contributed by atoms with van der Waals surface area (Å²) in [6.45, 7) is 2.50. The molecule has 3 aromatic heterocycles. The van der Waals surface area contributed by atoms with Crippen molar-refractivity contribution in [1.29, 1.82) is 0 Å². The van der Waals surface area contributed by atoms with E-state index in [1.165, 1.54) is 5.56 Å². The predicted molar refractivity (Wildman–Crippen MR) is 87.3 cm³/mol. The summed E-state index contributed by atoms with van der Waals surface area (Å²) >= 11 is 5.98. The number of benzene rings is 1.